The molecule has 176 valence electrons. The lowest BCUT2D eigenvalue weighted by Crippen LogP contribution is -2.49. The van der Waals surface area contributed by atoms with Gasteiger partial charge in [0.1, 0.15) is 5.82 Å². The third-order valence-electron chi connectivity index (χ3n) is 5.18. The van der Waals surface area contributed by atoms with Crippen molar-refractivity contribution in [2.75, 3.05) is 57.0 Å². The number of rotatable bonds is 8. The molecule has 0 unspecified atom stereocenters. The van der Waals surface area contributed by atoms with Crippen LogP contribution in [-0.4, -0.2) is 80.6 Å². The summed E-state index contributed by atoms with van der Waals surface area (Å²) in [5, 5.41) is 3.25. The molecule has 2 aromatic rings. The Labute approximate surface area is 208 Å². The van der Waals surface area contributed by atoms with Crippen LogP contribution in [0.4, 0.5) is 5.82 Å². The first-order valence-electron chi connectivity index (χ1n) is 10.7. The number of sulfonamides is 1. The summed E-state index contributed by atoms with van der Waals surface area (Å²) in [6, 6.07) is 15.9. The van der Waals surface area contributed by atoms with Crippen LogP contribution in [0.25, 0.3) is 0 Å². The van der Waals surface area contributed by atoms with Crippen LogP contribution < -0.4 is 10.2 Å². The Hall–Kier alpha value is -1.92. The van der Waals surface area contributed by atoms with Crippen molar-refractivity contribution in [3.63, 3.8) is 0 Å². The predicted octanol–water partition coefficient (Wildman–Crippen LogP) is 2.25. The van der Waals surface area contributed by atoms with E-state index in [-0.39, 0.29) is 36.3 Å². The molecule has 0 bridgehead atoms. The molecule has 0 atom stereocenters. The normalized spacial score (nSPS) is 15.2. The molecule has 1 fully saturated rings. The molecule has 0 aliphatic carbocycles. The van der Waals surface area contributed by atoms with Gasteiger partial charge in [-0.25, -0.2) is 13.4 Å². The van der Waals surface area contributed by atoms with E-state index in [4.69, 9.17) is 0 Å². The highest BCUT2D eigenvalue weighted by Crippen LogP contribution is 2.15. The van der Waals surface area contributed by atoms with Crippen molar-refractivity contribution < 1.29 is 8.42 Å². The van der Waals surface area contributed by atoms with Crippen LogP contribution in [0.5, 0.6) is 0 Å². The summed E-state index contributed by atoms with van der Waals surface area (Å²) in [6.07, 6.45) is 1.76. The molecule has 2 heterocycles. The highest BCUT2D eigenvalue weighted by Gasteiger charge is 2.27. The molecule has 0 saturated carbocycles. The minimum Gasteiger partial charge on any atom is -0.357 e. The predicted molar refractivity (Wildman–Crippen MR) is 141 cm³/mol. The maximum atomic E-state index is 12.8. The lowest BCUT2D eigenvalue weighted by Gasteiger charge is -2.34. The fraction of sp³-hybridized carbons (Fsp3) is 0.455. The van der Waals surface area contributed by atoms with Crippen LogP contribution in [0.1, 0.15) is 12.5 Å². The van der Waals surface area contributed by atoms with Gasteiger partial charge in [0, 0.05) is 52.5 Å². The number of piperazine rings is 1. The van der Waals surface area contributed by atoms with Crippen molar-refractivity contribution >= 4 is 45.8 Å². The van der Waals surface area contributed by atoms with Crippen molar-refractivity contribution in [3.05, 3.63) is 60.3 Å². The highest BCUT2D eigenvalue weighted by atomic mass is 127. The molecule has 1 aromatic heterocycles. The van der Waals surface area contributed by atoms with Gasteiger partial charge in [0.05, 0.1) is 12.3 Å². The zero-order valence-corrected chi connectivity index (χ0v) is 21.9. The Morgan fingerprint density at radius 3 is 2.41 bits per heavy atom. The summed E-state index contributed by atoms with van der Waals surface area (Å²) in [5.74, 6) is 1.60. The van der Waals surface area contributed by atoms with Crippen LogP contribution in [0.3, 0.4) is 0 Å². The zero-order chi connectivity index (χ0) is 22.1. The van der Waals surface area contributed by atoms with Crippen LogP contribution in [0.2, 0.25) is 0 Å². The van der Waals surface area contributed by atoms with Gasteiger partial charge in [-0.05, 0) is 24.6 Å². The molecule has 32 heavy (non-hydrogen) atoms. The summed E-state index contributed by atoms with van der Waals surface area (Å²) < 4.78 is 27.2. The Morgan fingerprint density at radius 2 is 1.78 bits per heavy atom. The van der Waals surface area contributed by atoms with E-state index in [0.29, 0.717) is 38.7 Å². The van der Waals surface area contributed by atoms with Crippen LogP contribution in [0, 0.1) is 0 Å². The first kappa shape index (κ1) is 26.3. The molecule has 10 heteroatoms. The largest absolute Gasteiger partial charge is 0.357 e. The van der Waals surface area contributed by atoms with Crippen molar-refractivity contribution in [3.8, 4) is 0 Å². The van der Waals surface area contributed by atoms with Gasteiger partial charge in [-0.15, -0.1) is 24.0 Å². The number of anilines is 1. The Balaban J connectivity index is 0.00000363. The van der Waals surface area contributed by atoms with Gasteiger partial charge in [0.25, 0.3) is 0 Å². The summed E-state index contributed by atoms with van der Waals surface area (Å²) >= 11 is 0. The molecular weight excluding hydrogens is 539 g/mol. The average Bonchev–Trinajstić information content (AvgIpc) is 2.80. The van der Waals surface area contributed by atoms with Crippen molar-refractivity contribution in [2.24, 2.45) is 4.99 Å². The SMILES string of the molecule is CCNC(=NCCS(=O)(=O)N1CCN(c2ccccn2)CC1)N(C)Cc1ccccc1.I. The molecule has 1 saturated heterocycles. The molecule has 1 N–H and O–H groups in total. The molecule has 1 aromatic carbocycles. The van der Waals surface area contributed by atoms with Crippen LogP contribution in [0.15, 0.2) is 59.7 Å². The highest BCUT2D eigenvalue weighted by molar-refractivity contribution is 14.0. The van der Waals surface area contributed by atoms with Crippen LogP contribution >= 0.6 is 24.0 Å². The van der Waals surface area contributed by atoms with Gasteiger partial charge in [0.15, 0.2) is 5.96 Å². The second-order valence-electron chi connectivity index (χ2n) is 7.47. The number of aliphatic imine (C=N–C) groups is 1. The topological polar surface area (TPSA) is 81.1 Å². The fourth-order valence-electron chi connectivity index (χ4n) is 3.53. The van der Waals surface area contributed by atoms with E-state index in [1.54, 1.807) is 10.5 Å². The molecule has 0 spiro atoms. The minimum atomic E-state index is -3.35. The third kappa shape index (κ3) is 7.59. The third-order valence-corrected chi connectivity index (χ3v) is 7.03. The molecule has 1 aliphatic heterocycles. The number of guanidine groups is 1. The standard InChI is InChI=1S/C22H32N6O2S.HI/c1-3-23-22(26(2)19-20-9-5-4-6-10-20)25-13-18-31(29,30)28-16-14-27(15-17-28)21-11-7-8-12-24-21;/h4-12H,3,13-19H2,1-2H3,(H,23,25);1H. The monoisotopic (exact) mass is 572 g/mol. The molecule has 0 radical (unpaired) electrons. The van der Waals surface area contributed by atoms with Gasteiger partial charge in [-0.3, -0.25) is 4.99 Å². The van der Waals surface area contributed by atoms with Crippen molar-refractivity contribution in [1.29, 1.82) is 0 Å². The Morgan fingerprint density at radius 1 is 1.09 bits per heavy atom. The first-order chi connectivity index (χ1) is 15.0. The lowest BCUT2D eigenvalue weighted by molar-refractivity contribution is 0.384. The number of hydrogen-bond acceptors (Lipinski definition) is 5. The Bertz CT molecular complexity index is 935. The number of nitrogens with one attached hydrogen (secondary N) is 1. The average molecular weight is 573 g/mol. The molecular formula is C22H33IN6O2S. The van der Waals surface area contributed by atoms with E-state index >= 15 is 0 Å². The van der Waals surface area contributed by atoms with E-state index in [9.17, 15) is 8.42 Å². The summed E-state index contributed by atoms with van der Waals surface area (Å²) in [4.78, 5) is 13.0. The Kier molecular flexibility index (Phi) is 10.7. The lowest BCUT2D eigenvalue weighted by atomic mass is 10.2. The smallest absolute Gasteiger partial charge is 0.216 e. The molecule has 8 nitrogen and oxygen atoms in total. The summed E-state index contributed by atoms with van der Waals surface area (Å²) in [7, 11) is -1.39. The number of benzene rings is 1. The quantitative estimate of drug-likeness (QED) is 0.297. The molecule has 0 amide bonds. The van der Waals surface area contributed by atoms with Gasteiger partial charge >= 0.3 is 0 Å². The van der Waals surface area contributed by atoms with Gasteiger partial charge < -0.3 is 15.1 Å². The summed E-state index contributed by atoms with van der Waals surface area (Å²) in [5.41, 5.74) is 1.18. The van der Waals surface area contributed by atoms with Gasteiger partial charge in [0.2, 0.25) is 10.0 Å². The minimum absolute atomic E-state index is 0. The maximum absolute atomic E-state index is 12.8. The summed E-state index contributed by atoms with van der Waals surface area (Å²) in [6.45, 7) is 5.88. The molecule has 1 aliphatic rings. The second-order valence-corrected chi connectivity index (χ2v) is 9.56. The van der Waals surface area contributed by atoms with Crippen LogP contribution in [-0.2, 0) is 16.6 Å². The van der Waals surface area contributed by atoms with E-state index in [2.05, 4.69) is 32.3 Å². The number of nitrogens with zero attached hydrogens (tertiary/aromatic N) is 5. The van der Waals surface area contributed by atoms with Crippen molar-refractivity contribution in [1.82, 2.24) is 19.5 Å². The first-order valence-corrected chi connectivity index (χ1v) is 12.3. The van der Waals surface area contributed by atoms with Gasteiger partial charge in [-0.2, -0.15) is 4.31 Å². The fourth-order valence-corrected chi connectivity index (χ4v) is 4.83. The zero-order valence-electron chi connectivity index (χ0n) is 18.7. The van der Waals surface area contributed by atoms with E-state index in [1.165, 1.54) is 5.56 Å². The number of pyridine rings is 1. The molecule has 3 rings (SSSR count). The second kappa shape index (κ2) is 12.9. The van der Waals surface area contributed by atoms with E-state index < -0.39 is 10.0 Å². The number of hydrogen-bond donors (Lipinski definition) is 1. The number of halogens is 1. The van der Waals surface area contributed by atoms with Gasteiger partial charge in [-0.1, -0.05) is 36.4 Å². The van der Waals surface area contributed by atoms with E-state index in [1.807, 2.05) is 55.3 Å². The maximum Gasteiger partial charge on any atom is 0.216 e. The van der Waals surface area contributed by atoms with Crippen molar-refractivity contribution in [2.45, 2.75) is 13.5 Å². The van der Waals surface area contributed by atoms with E-state index in [0.717, 1.165) is 12.4 Å². The number of aromatic nitrogens is 1.